The monoisotopic (exact) mass is 386 g/mol. The number of nitrogens with zero attached hydrogens (tertiary/aromatic N) is 3. The van der Waals surface area contributed by atoms with Gasteiger partial charge in [-0.2, -0.15) is 0 Å². The second-order valence-electron chi connectivity index (χ2n) is 8.32. The standard InChI is InChI=1S/C23H38N4O/c1-24-23(26(2)15-10-20-11-16-28-17-12-20)25-18-21-6-8-22(9-7-21)19-27-13-4-3-5-14-27/h6-9,20H,3-5,10-19H2,1-2H3,(H,24,25). The Labute approximate surface area is 171 Å². The molecule has 5 heteroatoms. The lowest BCUT2D eigenvalue weighted by molar-refractivity contribution is 0.0625. The lowest BCUT2D eigenvalue weighted by atomic mass is 9.96. The third-order valence-corrected chi connectivity index (χ3v) is 6.12. The van der Waals surface area contributed by atoms with Crippen molar-refractivity contribution in [2.75, 3.05) is 46.9 Å². The quantitative estimate of drug-likeness (QED) is 0.575. The molecule has 0 spiro atoms. The summed E-state index contributed by atoms with van der Waals surface area (Å²) in [6.45, 7) is 7.30. The van der Waals surface area contributed by atoms with Crippen LogP contribution >= 0.6 is 0 Å². The van der Waals surface area contributed by atoms with Gasteiger partial charge in [0.2, 0.25) is 0 Å². The molecule has 0 bridgehead atoms. The van der Waals surface area contributed by atoms with Gasteiger partial charge in [-0.3, -0.25) is 9.89 Å². The Hall–Kier alpha value is -1.59. The van der Waals surface area contributed by atoms with E-state index in [-0.39, 0.29) is 0 Å². The van der Waals surface area contributed by atoms with Gasteiger partial charge in [0.05, 0.1) is 0 Å². The topological polar surface area (TPSA) is 40.1 Å². The number of hydrogen-bond donors (Lipinski definition) is 1. The van der Waals surface area contributed by atoms with Gasteiger partial charge in [0.15, 0.2) is 5.96 Å². The number of hydrogen-bond acceptors (Lipinski definition) is 3. The van der Waals surface area contributed by atoms with Crippen LogP contribution in [-0.4, -0.2) is 62.7 Å². The molecule has 28 heavy (non-hydrogen) atoms. The fourth-order valence-corrected chi connectivity index (χ4v) is 4.22. The van der Waals surface area contributed by atoms with Crippen LogP contribution in [0.4, 0.5) is 0 Å². The van der Waals surface area contributed by atoms with E-state index in [1.54, 1.807) is 0 Å². The SMILES string of the molecule is CN=C(NCc1ccc(CN2CCCCC2)cc1)N(C)CCC1CCOCC1. The van der Waals surface area contributed by atoms with Crippen LogP contribution in [0.2, 0.25) is 0 Å². The summed E-state index contributed by atoms with van der Waals surface area (Å²) in [5.41, 5.74) is 2.73. The summed E-state index contributed by atoms with van der Waals surface area (Å²) >= 11 is 0. The average molecular weight is 387 g/mol. The molecule has 3 rings (SSSR count). The molecule has 2 fully saturated rings. The third kappa shape index (κ3) is 6.78. The van der Waals surface area contributed by atoms with Crippen molar-refractivity contribution in [3.8, 4) is 0 Å². The number of guanidine groups is 1. The summed E-state index contributed by atoms with van der Waals surface area (Å²) in [4.78, 5) is 9.29. The van der Waals surface area contributed by atoms with Crippen molar-refractivity contribution in [1.29, 1.82) is 0 Å². The lowest BCUT2D eigenvalue weighted by Gasteiger charge is -2.27. The van der Waals surface area contributed by atoms with E-state index in [1.165, 1.54) is 62.7 Å². The minimum atomic E-state index is 0.793. The van der Waals surface area contributed by atoms with Crippen LogP contribution in [0, 0.1) is 5.92 Å². The van der Waals surface area contributed by atoms with Crippen LogP contribution in [0.1, 0.15) is 49.7 Å². The van der Waals surface area contributed by atoms with Crippen molar-refractivity contribution >= 4 is 5.96 Å². The first-order valence-electron chi connectivity index (χ1n) is 11.0. The molecule has 1 aromatic carbocycles. The van der Waals surface area contributed by atoms with Crippen molar-refractivity contribution in [2.24, 2.45) is 10.9 Å². The maximum absolute atomic E-state index is 5.46. The zero-order chi connectivity index (χ0) is 19.6. The maximum Gasteiger partial charge on any atom is 0.193 e. The highest BCUT2D eigenvalue weighted by atomic mass is 16.5. The van der Waals surface area contributed by atoms with Crippen LogP contribution in [0.25, 0.3) is 0 Å². The third-order valence-electron chi connectivity index (χ3n) is 6.12. The van der Waals surface area contributed by atoms with Gasteiger partial charge in [0.1, 0.15) is 0 Å². The molecule has 2 aliphatic heterocycles. The molecule has 2 saturated heterocycles. The fourth-order valence-electron chi connectivity index (χ4n) is 4.22. The highest BCUT2D eigenvalue weighted by Gasteiger charge is 2.15. The summed E-state index contributed by atoms with van der Waals surface area (Å²) < 4.78 is 5.46. The molecule has 0 radical (unpaired) electrons. The van der Waals surface area contributed by atoms with Gasteiger partial charge in [0.25, 0.3) is 0 Å². The number of nitrogens with one attached hydrogen (secondary N) is 1. The molecular weight excluding hydrogens is 348 g/mol. The maximum atomic E-state index is 5.46. The summed E-state index contributed by atoms with van der Waals surface area (Å²) in [6, 6.07) is 9.07. The Morgan fingerprint density at radius 3 is 2.46 bits per heavy atom. The Morgan fingerprint density at radius 2 is 1.79 bits per heavy atom. The number of rotatable bonds is 7. The van der Waals surface area contributed by atoms with Crippen LogP contribution < -0.4 is 5.32 Å². The minimum absolute atomic E-state index is 0.793. The van der Waals surface area contributed by atoms with Crippen LogP contribution in [0.15, 0.2) is 29.3 Å². The van der Waals surface area contributed by atoms with Gasteiger partial charge in [0, 0.05) is 46.9 Å². The molecule has 1 aromatic rings. The molecule has 0 aromatic heterocycles. The van der Waals surface area contributed by atoms with Crippen molar-refractivity contribution in [2.45, 2.75) is 51.6 Å². The van der Waals surface area contributed by atoms with Crippen LogP contribution in [0.5, 0.6) is 0 Å². The molecule has 1 N–H and O–H groups in total. The zero-order valence-electron chi connectivity index (χ0n) is 17.8. The molecule has 156 valence electrons. The zero-order valence-corrected chi connectivity index (χ0v) is 17.8. The number of piperidine rings is 1. The average Bonchev–Trinajstić information content (AvgIpc) is 2.75. The summed E-state index contributed by atoms with van der Waals surface area (Å²) in [6.07, 6.45) is 7.71. The number of ether oxygens (including phenoxy) is 1. The highest BCUT2D eigenvalue weighted by molar-refractivity contribution is 5.79. The van der Waals surface area contributed by atoms with E-state index in [2.05, 4.69) is 51.4 Å². The van der Waals surface area contributed by atoms with Crippen molar-refractivity contribution in [3.63, 3.8) is 0 Å². The van der Waals surface area contributed by atoms with E-state index in [4.69, 9.17) is 4.74 Å². The van der Waals surface area contributed by atoms with Gasteiger partial charge in [-0.05, 0) is 62.2 Å². The van der Waals surface area contributed by atoms with Crippen molar-refractivity contribution in [1.82, 2.24) is 15.1 Å². The minimum Gasteiger partial charge on any atom is -0.381 e. The molecular formula is C23H38N4O. The van der Waals surface area contributed by atoms with E-state index in [0.717, 1.165) is 44.7 Å². The predicted octanol–water partition coefficient (Wildman–Crippen LogP) is 3.50. The molecule has 0 aliphatic carbocycles. The van der Waals surface area contributed by atoms with Crippen LogP contribution in [-0.2, 0) is 17.8 Å². The summed E-state index contributed by atoms with van der Waals surface area (Å²) in [5, 5.41) is 3.51. The molecule has 5 nitrogen and oxygen atoms in total. The second-order valence-corrected chi connectivity index (χ2v) is 8.32. The molecule has 0 unspecified atom stereocenters. The Kier molecular flexibility index (Phi) is 8.62. The molecule has 0 saturated carbocycles. The Morgan fingerprint density at radius 1 is 1.11 bits per heavy atom. The Bertz CT molecular complexity index is 589. The van der Waals surface area contributed by atoms with E-state index in [9.17, 15) is 0 Å². The molecule has 2 heterocycles. The largest absolute Gasteiger partial charge is 0.381 e. The number of aliphatic imine (C=N–C) groups is 1. The molecule has 2 aliphatic rings. The van der Waals surface area contributed by atoms with E-state index < -0.39 is 0 Å². The first-order chi connectivity index (χ1) is 13.7. The second kappa shape index (κ2) is 11.4. The predicted molar refractivity (Wildman–Crippen MR) is 117 cm³/mol. The van der Waals surface area contributed by atoms with Crippen molar-refractivity contribution in [3.05, 3.63) is 35.4 Å². The highest BCUT2D eigenvalue weighted by Crippen LogP contribution is 2.18. The van der Waals surface area contributed by atoms with Gasteiger partial charge >= 0.3 is 0 Å². The van der Waals surface area contributed by atoms with Crippen LogP contribution in [0.3, 0.4) is 0 Å². The van der Waals surface area contributed by atoms with Gasteiger partial charge in [-0.1, -0.05) is 30.7 Å². The van der Waals surface area contributed by atoms with Gasteiger partial charge < -0.3 is 15.0 Å². The summed E-state index contributed by atoms with van der Waals surface area (Å²) in [5.74, 6) is 1.77. The fraction of sp³-hybridized carbons (Fsp3) is 0.696. The van der Waals surface area contributed by atoms with E-state index >= 15 is 0 Å². The molecule has 0 amide bonds. The summed E-state index contributed by atoms with van der Waals surface area (Å²) in [7, 11) is 4.01. The Balaban J connectivity index is 1.41. The van der Waals surface area contributed by atoms with Crippen molar-refractivity contribution < 1.29 is 4.74 Å². The normalized spacial score (nSPS) is 19.6. The number of likely N-dealkylation sites (tertiary alicyclic amines) is 1. The van der Waals surface area contributed by atoms with E-state index in [0.29, 0.717) is 0 Å². The lowest BCUT2D eigenvalue weighted by Crippen LogP contribution is -2.39. The smallest absolute Gasteiger partial charge is 0.193 e. The van der Waals surface area contributed by atoms with E-state index in [1.807, 2.05) is 7.05 Å². The first-order valence-corrected chi connectivity index (χ1v) is 11.0. The van der Waals surface area contributed by atoms with Gasteiger partial charge in [-0.25, -0.2) is 0 Å². The first kappa shape index (κ1) is 21.1. The number of benzene rings is 1. The molecule has 0 atom stereocenters. The van der Waals surface area contributed by atoms with Gasteiger partial charge in [-0.15, -0.1) is 0 Å².